The number of hydrogen-bond acceptors (Lipinski definition) is 4. The van der Waals surface area contributed by atoms with Gasteiger partial charge >= 0.3 is 0 Å². The maximum atomic E-state index is 6.17. The molecule has 0 amide bonds. The van der Waals surface area contributed by atoms with Crippen LogP contribution in [-0.2, 0) is 6.42 Å². The van der Waals surface area contributed by atoms with E-state index in [1.807, 2.05) is 19.0 Å². The number of nitrogens with zero attached hydrogens (tertiary/aromatic N) is 2. The zero-order valence-corrected chi connectivity index (χ0v) is 9.60. The van der Waals surface area contributed by atoms with Crippen molar-refractivity contribution in [1.82, 2.24) is 4.98 Å². The lowest BCUT2D eigenvalue weighted by Crippen LogP contribution is -2.48. The van der Waals surface area contributed by atoms with Gasteiger partial charge < -0.3 is 10.6 Å². The monoisotopic (exact) mass is 211 g/mol. The van der Waals surface area contributed by atoms with Crippen molar-refractivity contribution in [2.75, 3.05) is 19.0 Å². The van der Waals surface area contributed by atoms with Crippen LogP contribution in [0.4, 0.5) is 5.13 Å². The van der Waals surface area contributed by atoms with Crippen molar-refractivity contribution in [2.45, 2.75) is 31.2 Å². The molecule has 14 heavy (non-hydrogen) atoms. The quantitative estimate of drug-likeness (QED) is 0.826. The molecule has 1 aliphatic rings. The summed E-state index contributed by atoms with van der Waals surface area (Å²) in [5.74, 6) is 0. The first-order valence-electron chi connectivity index (χ1n) is 5.00. The maximum absolute atomic E-state index is 6.17. The summed E-state index contributed by atoms with van der Waals surface area (Å²) >= 11 is 1.69. The highest BCUT2D eigenvalue weighted by atomic mass is 32.1. The van der Waals surface area contributed by atoms with Gasteiger partial charge in [0.25, 0.3) is 0 Å². The van der Waals surface area contributed by atoms with Crippen molar-refractivity contribution >= 4 is 16.5 Å². The number of anilines is 1. The Balaban J connectivity index is 2.02. The Morgan fingerprint density at radius 2 is 2.29 bits per heavy atom. The maximum Gasteiger partial charge on any atom is 0.184 e. The summed E-state index contributed by atoms with van der Waals surface area (Å²) in [7, 11) is 4.04. The van der Waals surface area contributed by atoms with Gasteiger partial charge in [-0.25, -0.2) is 4.98 Å². The molecule has 4 heteroatoms. The molecule has 0 bridgehead atoms. The van der Waals surface area contributed by atoms with Gasteiger partial charge in [-0.15, -0.1) is 11.3 Å². The molecule has 78 valence electrons. The highest BCUT2D eigenvalue weighted by molar-refractivity contribution is 7.13. The van der Waals surface area contributed by atoms with E-state index in [0.717, 1.165) is 30.1 Å². The van der Waals surface area contributed by atoms with Gasteiger partial charge in [0.05, 0.1) is 5.69 Å². The number of hydrogen-bond donors (Lipinski definition) is 1. The van der Waals surface area contributed by atoms with Crippen LogP contribution in [0, 0.1) is 0 Å². The van der Waals surface area contributed by atoms with Crippen molar-refractivity contribution in [3.05, 3.63) is 11.1 Å². The number of rotatable bonds is 3. The molecule has 1 heterocycles. The van der Waals surface area contributed by atoms with Crippen molar-refractivity contribution in [1.29, 1.82) is 0 Å². The molecule has 0 aliphatic heterocycles. The SMILES string of the molecule is CN(C)c1nc(CC2(N)CCC2)cs1. The zero-order chi connectivity index (χ0) is 10.2. The van der Waals surface area contributed by atoms with Crippen LogP contribution in [0.2, 0.25) is 0 Å². The lowest BCUT2D eigenvalue weighted by molar-refractivity contribution is 0.246. The normalized spacial score (nSPS) is 19.1. The Kier molecular flexibility index (Phi) is 2.49. The zero-order valence-electron chi connectivity index (χ0n) is 8.79. The van der Waals surface area contributed by atoms with Crippen LogP contribution in [-0.4, -0.2) is 24.6 Å². The molecule has 1 saturated carbocycles. The second kappa shape index (κ2) is 3.51. The molecule has 1 aliphatic carbocycles. The summed E-state index contributed by atoms with van der Waals surface area (Å²) in [5, 5.41) is 3.20. The molecular formula is C10H17N3S. The lowest BCUT2D eigenvalue weighted by Gasteiger charge is -2.37. The smallest absolute Gasteiger partial charge is 0.184 e. The molecular weight excluding hydrogens is 194 g/mol. The minimum absolute atomic E-state index is 0.0532. The van der Waals surface area contributed by atoms with E-state index in [9.17, 15) is 0 Å². The third-order valence-electron chi connectivity index (χ3n) is 2.80. The minimum Gasteiger partial charge on any atom is -0.354 e. The van der Waals surface area contributed by atoms with Gasteiger partial charge in [0.1, 0.15) is 0 Å². The van der Waals surface area contributed by atoms with Crippen molar-refractivity contribution in [3.63, 3.8) is 0 Å². The number of thiazole rings is 1. The molecule has 0 spiro atoms. The summed E-state index contributed by atoms with van der Waals surface area (Å²) in [4.78, 5) is 6.58. The predicted octanol–water partition coefficient (Wildman–Crippen LogP) is 1.63. The van der Waals surface area contributed by atoms with E-state index in [-0.39, 0.29) is 5.54 Å². The Hall–Kier alpha value is -0.610. The third-order valence-corrected chi connectivity index (χ3v) is 3.86. The molecule has 0 atom stereocenters. The molecule has 0 radical (unpaired) electrons. The molecule has 0 saturated heterocycles. The minimum atomic E-state index is 0.0532. The molecule has 2 N–H and O–H groups in total. The van der Waals surface area contributed by atoms with Crippen LogP contribution in [0.5, 0.6) is 0 Å². The third kappa shape index (κ3) is 1.91. The highest BCUT2D eigenvalue weighted by Crippen LogP contribution is 2.33. The number of nitrogens with two attached hydrogens (primary N) is 1. The van der Waals surface area contributed by atoms with Gasteiger partial charge in [0, 0.05) is 31.4 Å². The van der Waals surface area contributed by atoms with E-state index in [2.05, 4.69) is 10.4 Å². The van der Waals surface area contributed by atoms with Crippen LogP contribution in [0.25, 0.3) is 0 Å². The first kappa shape index (κ1) is 9.93. The van der Waals surface area contributed by atoms with Crippen LogP contribution in [0.3, 0.4) is 0 Å². The Morgan fingerprint density at radius 3 is 2.71 bits per heavy atom. The fourth-order valence-electron chi connectivity index (χ4n) is 1.75. The van der Waals surface area contributed by atoms with E-state index in [1.54, 1.807) is 11.3 Å². The molecule has 0 aromatic carbocycles. The van der Waals surface area contributed by atoms with Crippen molar-refractivity contribution in [2.24, 2.45) is 5.73 Å². The summed E-state index contributed by atoms with van der Waals surface area (Å²) < 4.78 is 0. The molecule has 1 fully saturated rings. The molecule has 2 rings (SSSR count). The van der Waals surface area contributed by atoms with E-state index < -0.39 is 0 Å². The molecule has 0 unspecified atom stereocenters. The second-order valence-corrected chi connectivity index (χ2v) is 5.25. The van der Waals surface area contributed by atoms with E-state index in [1.165, 1.54) is 6.42 Å². The fraction of sp³-hybridized carbons (Fsp3) is 0.700. The van der Waals surface area contributed by atoms with E-state index >= 15 is 0 Å². The predicted molar refractivity (Wildman–Crippen MR) is 60.9 cm³/mol. The van der Waals surface area contributed by atoms with Crippen LogP contribution >= 0.6 is 11.3 Å². The molecule has 3 nitrogen and oxygen atoms in total. The van der Waals surface area contributed by atoms with Crippen LogP contribution < -0.4 is 10.6 Å². The van der Waals surface area contributed by atoms with Gasteiger partial charge in [0.2, 0.25) is 0 Å². The van der Waals surface area contributed by atoms with Crippen molar-refractivity contribution < 1.29 is 0 Å². The number of aromatic nitrogens is 1. The van der Waals surface area contributed by atoms with E-state index in [0.29, 0.717) is 0 Å². The van der Waals surface area contributed by atoms with Gasteiger partial charge in [0.15, 0.2) is 5.13 Å². The van der Waals surface area contributed by atoms with Gasteiger partial charge in [-0.2, -0.15) is 0 Å². The Morgan fingerprint density at radius 1 is 1.57 bits per heavy atom. The standard InChI is InChI=1S/C10H17N3S/c1-13(2)9-12-8(7-14-9)6-10(11)4-3-5-10/h7H,3-6,11H2,1-2H3. The lowest BCUT2D eigenvalue weighted by atomic mass is 9.75. The van der Waals surface area contributed by atoms with Crippen LogP contribution in [0.15, 0.2) is 5.38 Å². The average Bonchev–Trinajstić information content (AvgIpc) is 2.50. The largest absolute Gasteiger partial charge is 0.354 e. The summed E-state index contributed by atoms with van der Waals surface area (Å²) in [6, 6.07) is 0. The Bertz CT molecular complexity index is 315. The Labute approximate surface area is 88.9 Å². The molecule has 1 aromatic heterocycles. The summed E-state index contributed by atoms with van der Waals surface area (Å²) in [6.07, 6.45) is 4.53. The summed E-state index contributed by atoms with van der Waals surface area (Å²) in [6.45, 7) is 0. The first-order chi connectivity index (χ1) is 6.59. The second-order valence-electron chi connectivity index (χ2n) is 4.41. The molecule has 1 aromatic rings. The van der Waals surface area contributed by atoms with Gasteiger partial charge in [-0.05, 0) is 19.3 Å². The van der Waals surface area contributed by atoms with Gasteiger partial charge in [-0.3, -0.25) is 0 Å². The summed E-state index contributed by atoms with van der Waals surface area (Å²) in [5.41, 5.74) is 7.38. The topological polar surface area (TPSA) is 42.2 Å². The first-order valence-corrected chi connectivity index (χ1v) is 5.88. The van der Waals surface area contributed by atoms with Crippen molar-refractivity contribution in [3.8, 4) is 0 Å². The van der Waals surface area contributed by atoms with Gasteiger partial charge in [-0.1, -0.05) is 0 Å². The van der Waals surface area contributed by atoms with Crippen LogP contribution in [0.1, 0.15) is 25.0 Å². The fourth-order valence-corrected chi connectivity index (χ4v) is 2.51. The highest BCUT2D eigenvalue weighted by Gasteiger charge is 2.33. The van der Waals surface area contributed by atoms with E-state index in [4.69, 9.17) is 5.73 Å². The average molecular weight is 211 g/mol.